The molecule has 3 atom stereocenters. The number of pyridine rings is 1. The minimum absolute atomic E-state index is 0.0741. The van der Waals surface area contributed by atoms with E-state index < -0.39 is 6.09 Å². The Morgan fingerprint density at radius 1 is 1.50 bits per heavy atom. The maximum Gasteiger partial charge on any atom is 0.407 e. The third kappa shape index (κ3) is 1.99. The summed E-state index contributed by atoms with van der Waals surface area (Å²) >= 11 is 5.78. The van der Waals surface area contributed by atoms with Gasteiger partial charge in [0.2, 0.25) is 0 Å². The molecule has 1 saturated carbocycles. The molecule has 5 nitrogen and oxygen atoms in total. The second-order valence-corrected chi connectivity index (χ2v) is 5.39. The van der Waals surface area contributed by atoms with Crippen molar-refractivity contribution in [3.05, 3.63) is 23.4 Å². The third-order valence-corrected chi connectivity index (χ3v) is 4.01. The zero-order valence-corrected chi connectivity index (χ0v) is 10.5. The summed E-state index contributed by atoms with van der Waals surface area (Å²) in [5, 5.41) is 13.0. The molecule has 1 aromatic rings. The largest absolute Gasteiger partial charge is 0.465 e. The molecule has 1 saturated heterocycles. The highest BCUT2D eigenvalue weighted by Gasteiger charge is 2.47. The summed E-state index contributed by atoms with van der Waals surface area (Å²) in [7, 11) is 0. The number of carboxylic acid groups (broad SMARTS) is 1. The van der Waals surface area contributed by atoms with E-state index in [1.165, 1.54) is 0 Å². The topological polar surface area (TPSA) is 65.5 Å². The first-order chi connectivity index (χ1) is 8.63. The highest BCUT2D eigenvalue weighted by atomic mass is 35.5. The van der Waals surface area contributed by atoms with Gasteiger partial charge >= 0.3 is 6.09 Å². The van der Waals surface area contributed by atoms with Crippen molar-refractivity contribution in [3.63, 3.8) is 0 Å². The number of piperidine rings is 1. The SMILES string of the molecule is O=C(O)N1CC2CC(Nc3ccc(Cl)cn3)C1C2. The molecule has 2 aliphatic rings. The van der Waals surface area contributed by atoms with Crippen LogP contribution in [0.4, 0.5) is 10.6 Å². The van der Waals surface area contributed by atoms with Crippen LogP contribution in [-0.2, 0) is 0 Å². The van der Waals surface area contributed by atoms with Crippen molar-refractivity contribution in [3.8, 4) is 0 Å². The van der Waals surface area contributed by atoms with Gasteiger partial charge in [0.25, 0.3) is 0 Å². The monoisotopic (exact) mass is 267 g/mol. The van der Waals surface area contributed by atoms with E-state index in [0.29, 0.717) is 17.5 Å². The lowest BCUT2D eigenvalue weighted by molar-refractivity contribution is 0.127. The Labute approximate surface area is 110 Å². The minimum atomic E-state index is -0.821. The van der Waals surface area contributed by atoms with Gasteiger partial charge in [-0.15, -0.1) is 0 Å². The maximum absolute atomic E-state index is 11.1. The van der Waals surface area contributed by atoms with Crippen molar-refractivity contribution >= 4 is 23.5 Å². The van der Waals surface area contributed by atoms with Crippen molar-refractivity contribution in [1.82, 2.24) is 9.88 Å². The van der Waals surface area contributed by atoms with Crippen molar-refractivity contribution in [1.29, 1.82) is 0 Å². The quantitative estimate of drug-likeness (QED) is 0.863. The number of rotatable bonds is 2. The van der Waals surface area contributed by atoms with Crippen molar-refractivity contribution < 1.29 is 9.90 Å². The van der Waals surface area contributed by atoms with Crippen LogP contribution in [0.25, 0.3) is 0 Å². The van der Waals surface area contributed by atoms with Crippen LogP contribution >= 0.6 is 11.6 Å². The van der Waals surface area contributed by atoms with Crippen LogP contribution in [0.5, 0.6) is 0 Å². The Bertz CT molecular complexity index is 465. The van der Waals surface area contributed by atoms with Gasteiger partial charge in [0.1, 0.15) is 5.82 Å². The second kappa shape index (κ2) is 4.31. The molecule has 1 aliphatic carbocycles. The number of fused-ring (bicyclic) bond motifs is 2. The normalized spacial score (nSPS) is 29.6. The van der Waals surface area contributed by atoms with E-state index in [-0.39, 0.29) is 12.1 Å². The van der Waals surface area contributed by atoms with Gasteiger partial charge < -0.3 is 15.3 Å². The molecule has 3 unspecified atom stereocenters. The molecule has 18 heavy (non-hydrogen) atoms. The van der Waals surface area contributed by atoms with Crippen LogP contribution in [0.1, 0.15) is 12.8 Å². The molecular weight excluding hydrogens is 254 g/mol. The number of nitrogens with one attached hydrogen (secondary N) is 1. The predicted molar refractivity (Wildman–Crippen MR) is 67.9 cm³/mol. The Kier molecular flexibility index (Phi) is 2.78. The summed E-state index contributed by atoms with van der Waals surface area (Å²) in [4.78, 5) is 16.8. The lowest BCUT2D eigenvalue weighted by atomic mass is 10.1. The van der Waals surface area contributed by atoms with Gasteiger partial charge in [0, 0.05) is 18.8 Å². The number of halogens is 1. The number of hydrogen-bond donors (Lipinski definition) is 2. The van der Waals surface area contributed by atoms with E-state index in [1.54, 1.807) is 17.2 Å². The summed E-state index contributed by atoms with van der Waals surface area (Å²) < 4.78 is 0. The molecule has 0 aromatic carbocycles. The number of amides is 1. The van der Waals surface area contributed by atoms with Gasteiger partial charge in [-0.2, -0.15) is 0 Å². The van der Waals surface area contributed by atoms with Crippen LogP contribution in [0.2, 0.25) is 5.02 Å². The van der Waals surface area contributed by atoms with E-state index in [0.717, 1.165) is 18.7 Å². The van der Waals surface area contributed by atoms with E-state index in [4.69, 9.17) is 16.7 Å². The van der Waals surface area contributed by atoms with Gasteiger partial charge in [-0.1, -0.05) is 11.6 Å². The molecule has 0 spiro atoms. The Morgan fingerprint density at radius 3 is 2.94 bits per heavy atom. The van der Waals surface area contributed by atoms with Gasteiger partial charge in [0.05, 0.1) is 11.1 Å². The van der Waals surface area contributed by atoms with Crippen molar-refractivity contribution in [2.75, 3.05) is 11.9 Å². The molecule has 3 rings (SSSR count). The second-order valence-electron chi connectivity index (χ2n) is 4.95. The summed E-state index contributed by atoms with van der Waals surface area (Å²) in [6.45, 7) is 0.673. The van der Waals surface area contributed by atoms with Gasteiger partial charge in [0.15, 0.2) is 0 Å². The summed E-state index contributed by atoms with van der Waals surface area (Å²) in [6.07, 6.45) is 2.74. The number of hydrogen-bond acceptors (Lipinski definition) is 3. The number of nitrogens with zero attached hydrogens (tertiary/aromatic N) is 2. The van der Waals surface area contributed by atoms with Crippen molar-refractivity contribution in [2.24, 2.45) is 5.92 Å². The van der Waals surface area contributed by atoms with Crippen LogP contribution in [-0.4, -0.2) is 39.7 Å². The first-order valence-corrected chi connectivity index (χ1v) is 6.39. The number of carbonyl (C=O) groups is 1. The van der Waals surface area contributed by atoms with Crippen LogP contribution in [0, 0.1) is 5.92 Å². The van der Waals surface area contributed by atoms with E-state index >= 15 is 0 Å². The fourth-order valence-electron chi connectivity index (χ4n) is 3.05. The summed E-state index contributed by atoms with van der Waals surface area (Å²) in [5.41, 5.74) is 0. The van der Waals surface area contributed by atoms with E-state index in [1.807, 2.05) is 6.07 Å². The van der Waals surface area contributed by atoms with Crippen LogP contribution in [0.15, 0.2) is 18.3 Å². The van der Waals surface area contributed by atoms with Gasteiger partial charge in [-0.05, 0) is 30.9 Å². The Morgan fingerprint density at radius 2 is 2.33 bits per heavy atom. The van der Waals surface area contributed by atoms with Gasteiger partial charge in [-0.25, -0.2) is 9.78 Å². The molecule has 1 aliphatic heterocycles. The molecule has 0 radical (unpaired) electrons. The fraction of sp³-hybridized carbons (Fsp3) is 0.500. The molecule has 2 fully saturated rings. The number of anilines is 1. The van der Waals surface area contributed by atoms with Crippen LogP contribution < -0.4 is 5.32 Å². The molecular formula is C12H14ClN3O2. The molecule has 2 heterocycles. The summed E-state index contributed by atoms with van der Waals surface area (Å²) in [6, 6.07) is 3.83. The third-order valence-electron chi connectivity index (χ3n) is 3.79. The van der Waals surface area contributed by atoms with E-state index in [2.05, 4.69) is 10.3 Å². The van der Waals surface area contributed by atoms with Crippen molar-refractivity contribution in [2.45, 2.75) is 24.9 Å². The average molecular weight is 268 g/mol. The van der Waals surface area contributed by atoms with Gasteiger partial charge in [-0.3, -0.25) is 0 Å². The lowest BCUT2D eigenvalue weighted by Gasteiger charge is -2.31. The molecule has 2 N–H and O–H groups in total. The van der Waals surface area contributed by atoms with Crippen LogP contribution in [0.3, 0.4) is 0 Å². The summed E-state index contributed by atoms with van der Waals surface area (Å²) in [5.74, 6) is 1.23. The molecule has 1 amide bonds. The standard InChI is InChI=1S/C12H14ClN3O2/c13-8-1-2-11(14-5-8)15-9-3-7-4-10(9)16(6-7)12(17)18/h1-2,5,7,9-10H,3-4,6H2,(H,14,15)(H,17,18). The fourth-order valence-corrected chi connectivity index (χ4v) is 3.16. The molecule has 6 heteroatoms. The first kappa shape index (κ1) is 11.6. The minimum Gasteiger partial charge on any atom is -0.465 e. The van der Waals surface area contributed by atoms with E-state index in [9.17, 15) is 4.79 Å². The Balaban J connectivity index is 1.71. The Hall–Kier alpha value is -1.49. The molecule has 96 valence electrons. The average Bonchev–Trinajstić information content (AvgIpc) is 2.91. The highest BCUT2D eigenvalue weighted by molar-refractivity contribution is 6.30. The molecule has 1 aromatic heterocycles. The molecule has 2 bridgehead atoms. The predicted octanol–water partition coefficient (Wildman–Crippen LogP) is 2.29. The maximum atomic E-state index is 11.1. The lowest BCUT2D eigenvalue weighted by Crippen LogP contribution is -2.47. The number of aromatic nitrogens is 1. The zero-order valence-electron chi connectivity index (χ0n) is 9.71. The smallest absolute Gasteiger partial charge is 0.407 e. The number of likely N-dealkylation sites (tertiary alicyclic amines) is 1. The first-order valence-electron chi connectivity index (χ1n) is 6.01. The zero-order chi connectivity index (χ0) is 12.7. The highest BCUT2D eigenvalue weighted by Crippen LogP contribution is 2.38.